The molecule has 0 saturated heterocycles. The summed E-state index contributed by atoms with van der Waals surface area (Å²) in [6.45, 7) is 3.92. The number of anilines is 5. The first-order chi connectivity index (χ1) is 17.3. The summed E-state index contributed by atoms with van der Waals surface area (Å²) in [6.07, 6.45) is 0. The molecule has 0 aliphatic rings. The van der Waals surface area contributed by atoms with Gasteiger partial charge in [0.05, 0.1) is 19.1 Å². The predicted octanol–water partition coefficient (Wildman–Crippen LogP) is 5.40. The van der Waals surface area contributed by atoms with E-state index >= 15 is 0 Å². The first kappa shape index (κ1) is 24.8. The molecule has 3 N–H and O–H groups in total. The summed E-state index contributed by atoms with van der Waals surface area (Å²) in [6, 6.07) is 21.1. The van der Waals surface area contributed by atoms with Gasteiger partial charge in [-0.25, -0.2) is 13.4 Å². The molecule has 0 saturated carbocycles. The molecule has 0 aliphatic carbocycles. The number of ether oxygens (including phenoxy) is 2. The third-order valence-electron chi connectivity index (χ3n) is 5.24. The van der Waals surface area contributed by atoms with Crippen LogP contribution in [0.25, 0.3) is 0 Å². The Bertz CT molecular complexity index is 1460. The highest BCUT2D eigenvalue weighted by molar-refractivity contribution is 7.92. The van der Waals surface area contributed by atoms with Crippen molar-refractivity contribution >= 4 is 38.9 Å². The fourth-order valence-electron chi connectivity index (χ4n) is 3.42. The van der Waals surface area contributed by atoms with Crippen molar-refractivity contribution in [3.8, 4) is 11.5 Å². The molecule has 0 atom stereocenters. The monoisotopic (exact) mass is 505 g/mol. The van der Waals surface area contributed by atoms with Crippen molar-refractivity contribution < 1.29 is 17.9 Å². The molecule has 1 aromatic heterocycles. The van der Waals surface area contributed by atoms with Gasteiger partial charge < -0.3 is 20.1 Å². The number of nitrogens with one attached hydrogen (secondary N) is 3. The number of rotatable bonds is 9. The molecule has 4 rings (SSSR count). The molecule has 36 heavy (non-hydrogen) atoms. The van der Waals surface area contributed by atoms with E-state index in [1.807, 2.05) is 44.2 Å². The van der Waals surface area contributed by atoms with Crippen LogP contribution in [0.4, 0.5) is 28.8 Å². The minimum absolute atomic E-state index is 0.0594. The zero-order valence-electron chi connectivity index (χ0n) is 20.4. The van der Waals surface area contributed by atoms with Gasteiger partial charge in [-0.15, -0.1) is 0 Å². The highest BCUT2D eigenvalue weighted by Gasteiger charge is 2.17. The van der Waals surface area contributed by atoms with Crippen LogP contribution in [0.1, 0.15) is 11.3 Å². The molecule has 0 unspecified atom stereocenters. The molecule has 1 heterocycles. The average molecular weight is 506 g/mol. The number of nitrogens with zero attached hydrogens (tertiary/aromatic N) is 2. The van der Waals surface area contributed by atoms with Crippen LogP contribution < -0.4 is 24.8 Å². The van der Waals surface area contributed by atoms with E-state index in [1.54, 1.807) is 30.3 Å². The highest BCUT2D eigenvalue weighted by atomic mass is 32.2. The van der Waals surface area contributed by atoms with E-state index in [2.05, 4.69) is 25.3 Å². The zero-order chi connectivity index (χ0) is 25.7. The summed E-state index contributed by atoms with van der Waals surface area (Å²) < 4.78 is 38.6. The molecule has 0 bridgehead atoms. The Morgan fingerprint density at radius 1 is 0.694 bits per heavy atom. The van der Waals surface area contributed by atoms with Crippen LogP contribution in [0.2, 0.25) is 0 Å². The van der Waals surface area contributed by atoms with Crippen molar-refractivity contribution in [2.75, 3.05) is 29.6 Å². The van der Waals surface area contributed by atoms with Crippen molar-refractivity contribution in [2.24, 2.45) is 0 Å². The van der Waals surface area contributed by atoms with Crippen LogP contribution in [0.5, 0.6) is 11.5 Å². The van der Waals surface area contributed by atoms with Gasteiger partial charge in [0.1, 0.15) is 5.82 Å². The van der Waals surface area contributed by atoms with E-state index in [4.69, 9.17) is 9.47 Å². The molecule has 10 heteroatoms. The Balaban J connectivity index is 1.46. The summed E-state index contributed by atoms with van der Waals surface area (Å²) >= 11 is 0. The Morgan fingerprint density at radius 3 is 1.97 bits per heavy atom. The van der Waals surface area contributed by atoms with Crippen LogP contribution in [0.3, 0.4) is 0 Å². The van der Waals surface area contributed by atoms with Crippen molar-refractivity contribution in [2.45, 2.75) is 18.7 Å². The maximum atomic E-state index is 12.8. The van der Waals surface area contributed by atoms with Gasteiger partial charge in [-0.2, -0.15) is 4.98 Å². The average Bonchev–Trinajstić information content (AvgIpc) is 2.85. The Hall–Kier alpha value is -4.31. The van der Waals surface area contributed by atoms with Crippen LogP contribution in [-0.2, 0) is 10.0 Å². The van der Waals surface area contributed by atoms with Gasteiger partial charge in [-0.05, 0) is 62.4 Å². The van der Waals surface area contributed by atoms with Gasteiger partial charge >= 0.3 is 0 Å². The molecule has 0 fully saturated rings. The summed E-state index contributed by atoms with van der Waals surface area (Å²) in [7, 11) is -0.885. The first-order valence-corrected chi connectivity index (χ1v) is 12.6. The topological polar surface area (TPSA) is 114 Å². The summed E-state index contributed by atoms with van der Waals surface area (Å²) in [5.74, 6) is 1.85. The van der Waals surface area contributed by atoms with Crippen molar-refractivity contribution in [3.63, 3.8) is 0 Å². The van der Waals surface area contributed by atoms with Gasteiger partial charge in [0.15, 0.2) is 11.5 Å². The Labute approximate surface area is 210 Å². The van der Waals surface area contributed by atoms with Crippen LogP contribution in [0.15, 0.2) is 77.7 Å². The molecular formula is C26H27N5O4S. The second-order valence-electron chi connectivity index (χ2n) is 8.03. The number of sulfonamides is 1. The standard InChI is InChI=1S/C26H27N5O4S/c1-17-5-7-19(8-6-17)28-25-15-18(2)27-26(30-25)29-20-9-11-21(12-10-20)31-36(32,33)22-13-14-23(34-3)24(16-22)35-4/h5-16,31H,1-4H3,(H2,27,28,29,30). The number of aryl methyl sites for hydroxylation is 2. The normalized spacial score (nSPS) is 11.0. The van der Waals surface area contributed by atoms with Crippen LogP contribution in [0, 0.1) is 13.8 Å². The van der Waals surface area contributed by atoms with E-state index < -0.39 is 10.0 Å². The smallest absolute Gasteiger partial charge is 0.262 e. The fourth-order valence-corrected chi connectivity index (χ4v) is 4.50. The molecule has 0 spiro atoms. The lowest BCUT2D eigenvalue weighted by Crippen LogP contribution is -2.13. The predicted molar refractivity (Wildman–Crippen MR) is 141 cm³/mol. The molecule has 9 nitrogen and oxygen atoms in total. The quantitative estimate of drug-likeness (QED) is 0.277. The largest absolute Gasteiger partial charge is 0.493 e. The van der Waals surface area contributed by atoms with Crippen molar-refractivity contribution in [1.82, 2.24) is 9.97 Å². The fraction of sp³-hybridized carbons (Fsp3) is 0.154. The maximum Gasteiger partial charge on any atom is 0.262 e. The van der Waals surface area contributed by atoms with Crippen molar-refractivity contribution in [1.29, 1.82) is 0 Å². The lowest BCUT2D eigenvalue weighted by atomic mass is 10.2. The van der Waals surface area contributed by atoms with Crippen molar-refractivity contribution in [3.05, 3.63) is 84.1 Å². The van der Waals surface area contributed by atoms with Crippen LogP contribution >= 0.6 is 0 Å². The molecule has 0 aliphatic heterocycles. The summed E-state index contributed by atoms with van der Waals surface area (Å²) in [5.41, 5.74) is 4.01. The van der Waals surface area contributed by atoms with Gasteiger partial charge in [-0.3, -0.25) is 4.72 Å². The zero-order valence-corrected chi connectivity index (χ0v) is 21.2. The summed E-state index contributed by atoms with van der Waals surface area (Å²) in [4.78, 5) is 9.03. The maximum absolute atomic E-state index is 12.8. The molecule has 4 aromatic rings. The van der Waals surface area contributed by atoms with Gasteiger partial charge in [0.25, 0.3) is 10.0 Å². The van der Waals surface area contributed by atoms with E-state index in [-0.39, 0.29) is 4.90 Å². The second-order valence-corrected chi connectivity index (χ2v) is 9.72. The molecule has 0 radical (unpaired) electrons. The number of hydrogen-bond acceptors (Lipinski definition) is 8. The SMILES string of the molecule is COc1ccc(S(=O)(=O)Nc2ccc(Nc3nc(C)cc(Nc4ccc(C)cc4)n3)cc2)cc1OC. The molecular weight excluding hydrogens is 478 g/mol. The van der Waals surface area contributed by atoms with Crippen LogP contribution in [-0.4, -0.2) is 32.6 Å². The lowest BCUT2D eigenvalue weighted by molar-refractivity contribution is 0.354. The van der Waals surface area contributed by atoms with E-state index in [0.29, 0.717) is 34.6 Å². The minimum Gasteiger partial charge on any atom is -0.493 e. The Kier molecular flexibility index (Phi) is 7.25. The van der Waals surface area contributed by atoms with Gasteiger partial charge in [-0.1, -0.05) is 17.7 Å². The number of hydrogen-bond donors (Lipinski definition) is 3. The molecule has 3 aromatic carbocycles. The number of methoxy groups -OCH3 is 2. The third-order valence-corrected chi connectivity index (χ3v) is 6.62. The second kappa shape index (κ2) is 10.5. The lowest BCUT2D eigenvalue weighted by Gasteiger charge is -2.13. The van der Waals surface area contributed by atoms with Gasteiger partial charge in [0, 0.05) is 34.9 Å². The van der Waals surface area contributed by atoms with E-state index in [0.717, 1.165) is 11.4 Å². The third kappa shape index (κ3) is 6.02. The Morgan fingerprint density at radius 2 is 1.31 bits per heavy atom. The highest BCUT2D eigenvalue weighted by Crippen LogP contribution is 2.30. The number of aromatic nitrogens is 2. The molecule has 0 amide bonds. The summed E-state index contributed by atoms with van der Waals surface area (Å²) in [5, 5.41) is 6.44. The van der Waals surface area contributed by atoms with E-state index in [9.17, 15) is 8.42 Å². The first-order valence-electron chi connectivity index (χ1n) is 11.1. The minimum atomic E-state index is -3.83. The number of benzene rings is 3. The molecule has 186 valence electrons. The van der Waals surface area contributed by atoms with E-state index in [1.165, 1.54) is 31.9 Å². The van der Waals surface area contributed by atoms with Gasteiger partial charge in [0.2, 0.25) is 5.95 Å².